The van der Waals surface area contributed by atoms with Crippen LogP contribution in [0.15, 0.2) is 0 Å². The minimum Gasteiger partial charge on any atom is -0.481 e. The van der Waals surface area contributed by atoms with Crippen molar-refractivity contribution >= 4 is 11.9 Å². The molecule has 1 saturated carbocycles. The quantitative estimate of drug-likeness (QED) is 0.673. The fourth-order valence-electron chi connectivity index (χ4n) is 2.26. The molecule has 5 nitrogen and oxygen atoms in total. The van der Waals surface area contributed by atoms with Crippen molar-refractivity contribution in [2.45, 2.75) is 63.5 Å². The molecule has 0 aromatic rings. The van der Waals surface area contributed by atoms with Crippen LogP contribution in [-0.2, 0) is 9.59 Å². The molecule has 1 amide bonds. The monoisotopic (exact) mass is 243 g/mol. The third kappa shape index (κ3) is 5.68. The van der Waals surface area contributed by atoms with E-state index in [-0.39, 0.29) is 18.4 Å². The van der Waals surface area contributed by atoms with Crippen LogP contribution in [0.3, 0.4) is 0 Å². The van der Waals surface area contributed by atoms with Gasteiger partial charge in [0.15, 0.2) is 0 Å². The third-order valence-corrected chi connectivity index (χ3v) is 3.04. The van der Waals surface area contributed by atoms with Gasteiger partial charge in [0.05, 0.1) is 18.4 Å². The lowest BCUT2D eigenvalue weighted by Gasteiger charge is -2.25. The Balaban J connectivity index is 2.34. The molecular formula is C12H21NO4. The second-order valence-electron chi connectivity index (χ2n) is 5.15. The fourth-order valence-corrected chi connectivity index (χ4v) is 2.26. The number of carboxylic acid groups (broad SMARTS) is 1. The Bertz CT molecular complexity index is 282. The Morgan fingerprint density at radius 1 is 1.24 bits per heavy atom. The number of carbonyl (C=O) groups is 2. The van der Waals surface area contributed by atoms with E-state index < -0.39 is 18.0 Å². The summed E-state index contributed by atoms with van der Waals surface area (Å²) in [5.41, 5.74) is -1.47. The average Bonchev–Trinajstić information content (AvgIpc) is 2.15. The number of aliphatic carboxylic acids is 1. The van der Waals surface area contributed by atoms with E-state index in [1.165, 1.54) is 13.3 Å². The largest absolute Gasteiger partial charge is 0.481 e. The Hall–Kier alpha value is -1.10. The van der Waals surface area contributed by atoms with Gasteiger partial charge in [-0.05, 0) is 19.8 Å². The summed E-state index contributed by atoms with van der Waals surface area (Å²) in [6, 6.07) is 0.192. The van der Waals surface area contributed by atoms with Crippen LogP contribution in [0.4, 0.5) is 0 Å². The first-order chi connectivity index (χ1) is 7.89. The summed E-state index contributed by atoms with van der Waals surface area (Å²) in [6.45, 7) is 1.38. The minimum atomic E-state index is -1.47. The van der Waals surface area contributed by atoms with Gasteiger partial charge >= 0.3 is 5.97 Å². The second-order valence-corrected chi connectivity index (χ2v) is 5.15. The zero-order valence-electron chi connectivity index (χ0n) is 10.2. The summed E-state index contributed by atoms with van der Waals surface area (Å²) in [7, 11) is 0. The zero-order chi connectivity index (χ0) is 12.9. The summed E-state index contributed by atoms with van der Waals surface area (Å²) < 4.78 is 0. The van der Waals surface area contributed by atoms with E-state index in [0.717, 1.165) is 25.7 Å². The van der Waals surface area contributed by atoms with E-state index in [1.807, 2.05) is 0 Å². The molecule has 98 valence electrons. The van der Waals surface area contributed by atoms with Crippen LogP contribution in [0.25, 0.3) is 0 Å². The molecule has 1 aliphatic rings. The van der Waals surface area contributed by atoms with Crippen molar-refractivity contribution < 1.29 is 19.8 Å². The fraction of sp³-hybridized carbons (Fsp3) is 0.833. The summed E-state index contributed by atoms with van der Waals surface area (Å²) >= 11 is 0. The molecule has 0 saturated heterocycles. The second kappa shape index (κ2) is 6.00. The first kappa shape index (κ1) is 14.0. The van der Waals surface area contributed by atoms with Gasteiger partial charge in [-0.3, -0.25) is 9.59 Å². The topological polar surface area (TPSA) is 86.6 Å². The highest BCUT2D eigenvalue weighted by atomic mass is 16.4. The summed E-state index contributed by atoms with van der Waals surface area (Å²) in [4.78, 5) is 22.1. The lowest BCUT2D eigenvalue weighted by atomic mass is 9.94. The van der Waals surface area contributed by atoms with Crippen molar-refractivity contribution in [3.63, 3.8) is 0 Å². The smallest absolute Gasteiger partial charge is 0.306 e. The number of nitrogens with one attached hydrogen (secondary N) is 1. The van der Waals surface area contributed by atoms with Gasteiger partial charge in [0, 0.05) is 6.04 Å². The summed E-state index contributed by atoms with van der Waals surface area (Å²) in [5, 5.41) is 21.2. The molecule has 0 aromatic heterocycles. The van der Waals surface area contributed by atoms with E-state index in [1.54, 1.807) is 0 Å². The predicted octanol–water partition coefficient (Wildman–Crippen LogP) is 1.05. The molecule has 0 aliphatic heterocycles. The average molecular weight is 243 g/mol. The number of amides is 1. The number of rotatable bonds is 5. The number of carboxylic acids is 1. The molecule has 0 aromatic carbocycles. The van der Waals surface area contributed by atoms with E-state index in [9.17, 15) is 14.7 Å². The number of hydrogen-bond acceptors (Lipinski definition) is 3. The van der Waals surface area contributed by atoms with E-state index in [4.69, 9.17) is 5.11 Å². The van der Waals surface area contributed by atoms with Gasteiger partial charge in [0.1, 0.15) is 0 Å². The molecular weight excluding hydrogens is 222 g/mol. The van der Waals surface area contributed by atoms with Gasteiger partial charge in [-0.25, -0.2) is 0 Å². The van der Waals surface area contributed by atoms with Gasteiger partial charge in [-0.15, -0.1) is 0 Å². The molecule has 17 heavy (non-hydrogen) atoms. The molecule has 0 heterocycles. The highest BCUT2D eigenvalue weighted by molar-refractivity contribution is 5.78. The Morgan fingerprint density at radius 2 is 1.82 bits per heavy atom. The molecule has 1 aliphatic carbocycles. The van der Waals surface area contributed by atoms with Crippen LogP contribution in [0.2, 0.25) is 0 Å². The van der Waals surface area contributed by atoms with Crippen molar-refractivity contribution in [2.75, 3.05) is 0 Å². The summed E-state index contributed by atoms with van der Waals surface area (Å²) in [6.07, 6.45) is 4.84. The van der Waals surface area contributed by atoms with Crippen LogP contribution in [-0.4, -0.2) is 33.7 Å². The molecule has 1 atom stereocenters. The normalized spacial score (nSPS) is 20.6. The molecule has 0 spiro atoms. The van der Waals surface area contributed by atoms with Crippen molar-refractivity contribution in [2.24, 2.45) is 0 Å². The van der Waals surface area contributed by atoms with Crippen LogP contribution in [0.5, 0.6) is 0 Å². The number of aliphatic hydroxyl groups is 1. The standard InChI is InChI=1S/C12H21NO4/c1-12(17,8-11(15)16)7-10(14)13-9-5-3-2-4-6-9/h9,17H,2-8H2,1H3,(H,13,14)(H,15,16)/t12-/m0/s1. The Morgan fingerprint density at radius 3 is 2.35 bits per heavy atom. The minimum absolute atomic E-state index is 0.157. The van der Waals surface area contributed by atoms with Crippen molar-refractivity contribution in [1.29, 1.82) is 0 Å². The highest BCUT2D eigenvalue weighted by Gasteiger charge is 2.28. The number of carbonyl (C=O) groups excluding carboxylic acids is 1. The van der Waals surface area contributed by atoms with Gasteiger partial charge < -0.3 is 15.5 Å². The van der Waals surface area contributed by atoms with Gasteiger partial charge in [0.2, 0.25) is 5.91 Å². The SMILES string of the molecule is C[C@@](O)(CC(=O)O)CC(=O)NC1CCCCC1. The number of hydrogen-bond donors (Lipinski definition) is 3. The molecule has 0 unspecified atom stereocenters. The van der Waals surface area contributed by atoms with Crippen molar-refractivity contribution in [3.05, 3.63) is 0 Å². The first-order valence-corrected chi connectivity index (χ1v) is 6.12. The zero-order valence-corrected chi connectivity index (χ0v) is 10.2. The van der Waals surface area contributed by atoms with Gasteiger partial charge in [0.25, 0.3) is 0 Å². The Labute approximate surface area is 101 Å². The van der Waals surface area contributed by atoms with Gasteiger partial charge in [-0.1, -0.05) is 19.3 Å². The van der Waals surface area contributed by atoms with Crippen LogP contribution in [0.1, 0.15) is 51.9 Å². The van der Waals surface area contributed by atoms with Crippen molar-refractivity contribution in [1.82, 2.24) is 5.32 Å². The molecule has 5 heteroatoms. The lowest BCUT2D eigenvalue weighted by Crippen LogP contribution is -2.41. The third-order valence-electron chi connectivity index (χ3n) is 3.04. The van der Waals surface area contributed by atoms with E-state index in [2.05, 4.69) is 5.32 Å². The molecule has 0 radical (unpaired) electrons. The lowest BCUT2D eigenvalue weighted by molar-refractivity contribution is -0.143. The molecule has 3 N–H and O–H groups in total. The van der Waals surface area contributed by atoms with E-state index >= 15 is 0 Å². The van der Waals surface area contributed by atoms with Crippen LogP contribution >= 0.6 is 0 Å². The van der Waals surface area contributed by atoms with Crippen LogP contribution < -0.4 is 5.32 Å². The van der Waals surface area contributed by atoms with Crippen LogP contribution in [0, 0.1) is 0 Å². The maximum absolute atomic E-state index is 11.6. The maximum atomic E-state index is 11.6. The van der Waals surface area contributed by atoms with E-state index in [0.29, 0.717) is 0 Å². The molecule has 1 rings (SSSR count). The molecule has 1 fully saturated rings. The van der Waals surface area contributed by atoms with Crippen molar-refractivity contribution in [3.8, 4) is 0 Å². The summed E-state index contributed by atoms with van der Waals surface area (Å²) in [5.74, 6) is -1.36. The molecule has 0 bridgehead atoms. The maximum Gasteiger partial charge on any atom is 0.306 e. The first-order valence-electron chi connectivity index (χ1n) is 6.12. The highest BCUT2D eigenvalue weighted by Crippen LogP contribution is 2.19. The Kier molecular flexibility index (Phi) is 4.93. The predicted molar refractivity (Wildman–Crippen MR) is 62.5 cm³/mol. The van der Waals surface area contributed by atoms with Gasteiger partial charge in [-0.2, -0.15) is 0 Å².